The zero-order valence-corrected chi connectivity index (χ0v) is 18.7. The molecule has 3 aromatic rings. The third kappa shape index (κ3) is 5.37. The van der Waals surface area contributed by atoms with Gasteiger partial charge in [0.25, 0.3) is 15.9 Å². The van der Waals surface area contributed by atoms with Crippen LogP contribution in [0.4, 0.5) is 15.8 Å². The molecule has 166 valence electrons. The van der Waals surface area contributed by atoms with Crippen molar-refractivity contribution in [2.24, 2.45) is 0 Å². The molecule has 0 heterocycles. The van der Waals surface area contributed by atoms with Crippen LogP contribution in [0.25, 0.3) is 0 Å². The molecule has 2 N–H and O–H groups in total. The van der Waals surface area contributed by atoms with Crippen molar-refractivity contribution in [1.82, 2.24) is 0 Å². The highest BCUT2D eigenvalue weighted by Crippen LogP contribution is 2.25. The second-order valence-electron chi connectivity index (χ2n) is 6.39. The molecule has 3 rings (SSSR count). The highest BCUT2D eigenvalue weighted by Gasteiger charge is 2.19. The van der Waals surface area contributed by atoms with Gasteiger partial charge >= 0.3 is 5.97 Å². The molecule has 0 unspecified atom stereocenters. The second kappa shape index (κ2) is 9.56. The van der Waals surface area contributed by atoms with Gasteiger partial charge in [0, 0.05) is 10.7 Å². The Hall–Kier alpha value is -3.14. The Balaban J connectivity index is 1.77. The summed E-state index contributed by atoms with van der Waals surface area (Å²) < 4.78 is 46.5. The minimum atomic E-state index is -4.14. The van der Waals surface area contributed by atoms with Gasteiger partial charge in [-0.2, -0.15) is 0 Å². The molecule has 11 heteroatoms. The van der Waals surface area contributed by atoms with E-state index in [1.807, 2.05) is 0 Å². The van der Waals surface area contributed by atoms with E-state index in [4.69, 9.17) is 23.2 Å². The molecule has 0 fully saturated rings. The molecule has 0 aliphatic rings. The minimum Gasteiger partial charge on any atom is -0.465 e. The first-order valence-electron chi connectivity index (χ1n) is 8.88. The first-order chi connectivity index (χ1) is 15.1. The van der Waals surface area contributed by atoms with Crippen molar-refractivity contribution in [3.8, 4) is 0 Å². The van der Waals surface area contributed by atoms with Crippen LogP contribution in [0, 0.1) is 5.82 Å². The van der Waals surface area contributed by atoms with Crippen molar-refractivity contribution >= 4 is 56.5 Å². The molecule has 0 saturated carbocycles. The van der Waals surface area contributed by atoms with Crippen LogP contribution in [-0.4, -0.2) is 27.4 Å². The van der Waals surface area contributed by atoms with Gasteiger partial charge in [0.05, 0.1) is 33.8 Å². The lowest BCUT2D eigenvalue weighted by Crippen LogP contribution is -2.16. The summed E-state index contributed by atoms with van der Waals surface area (Å²) in [5, 5.41) is 2.75. The molecule has 0 aromatic heterocycles. The first-order valence-corrected chi connectivity index (χ1v) is 11.1. The molecule has 0 spiro atoms. The van der Waals surface area contributed by atoms with Crippen LogP contribution >= 0.6 is 23.2 Å². The number of carbonyl (C=O) groups is 2. The highest BCUT2D eigenvalue weighted by atomic mass is 35.5. The number of rotatable bonds is 6. The van der Waals surface area contributed by atoms with Crippen LogP contribution in [-0.2, 0) is 14.8 Å². The number of esters is 1. The zero-order valence-electron chi connectivity index (χ0n) is 16.4. The molecule has 32 heavy (non-hydrogen) atoms. The van der Waals surface area contributed by atoms with Crippen molar-refractivity contribution in [3.05, 3.63) is 87.7 Å². The number of hydrogen-bond donors (Lipinski definition) is 2. The van der Waals surface area contributed by atoms with E-state index in [0.717, 1.165) is 18.2 Å². The molecule has 1 amide bonds. The number of sulfonamides is 1. The molecule has 0 radical (unpaired) electrons. The number of amides is 1. The van der Waals surface area contributed by atoms with Crippen molar-refractivity contribution < 1.29 is 27.1 Å². The maximum Gasteiger partial charge on any atom is 0.337 e. The van der Waals surface area contributed by atoms with E-state index >= 15 is 0 Å². The lowest BCUT2D eigenvalue weighted by molar-refractivity contribution is 0.0600. The maximum absolute atomic E-state index is 14.5. The molecule has 0 bridgehead atoms. The SMILES string of the molecule is COC(=O)c1ccc(NS(=O)(=O)c2ccc(NC(=O)c3ccc(Cl)cc3Cl)c(F)c2)cc1. The molecule has 0 aliphatic carbocycles. The monoisotopic (exact) mass is 496 g/mol. The van der Waals surface area contributed by atoms with Crippen LogP contribution in [0.5, 0.6) is 0 Å². The van der Waals surface area contributed by atoms with Gasteiger partial charge in [-0.05, 0) is 60.7 Å². The first kappa shape index (κ1) is 23.5. The smallest absolute Gasteiger partial charge is 0.337 e. The fourth-order valence-electron chi connectivity index (χ4n) is 2.63. The number of halogens is 3. The molecule has 0 atom stereocenters. The molecule has 0 saturated heterocycles. The minimum absolute atomic E-state index is 0.0734. The fourth-order valence-corrected chi connectivity index (χ4v) is 4.20. The third-order valence-corrected chi connectivity index (χ3v) is 6.16. The number of nitrogens with one attached hydrogen (secondary N) is 2. The summed E-state index contributed by atoms with van der Waals surface area (Å²) in [5.74, 6) is -2.23. The highest BCUT2D eigenvalue weighted by molar-refractivity contribution is 7.92. The molecular formula is C21H15Cl2FN2O5S. The Morgan fingerprint density at radius 2 is 1.66 bits per heavy atom. The number of methoxy groups -OCH3 is 1. The van der Waals surface area contributed by atoms with Gasteiger partial charge in [0.1, 0.15) is 5.82 Å². The van der Waals surface area contributed by atoms with Gasteiger partial charge in [0.15, 0.2) is 0 Å². The van der Waals surface area contributed by atoms with Gasteiger partial charge in [-0.1, -0.05) is 23.2 Å². The number of carbonyl (C=O) groups excluding carboxylic acids is 2. The van der Waals surface area contributed by atoms with Crippen LogP contribution in [0.15, 0.2) is 65.6 Å². The Kier molecular flexibility index (Phi) is 7.02. The normalized spacial score (nSPS) is 11.0. The Bertz CT molecular complexity index is 1300. The van der Waals surface area contributed by atoms with Crippen molar-refractivity contribution in [1.29, 1.82) is 0 Å². The fraction of sp³-hybridized carbons (Fsp3) is 0.0476. The summed E-state index contributed by atoms with van der Waals surface area (Å²) >= 11 is 11.8. The van der Waals surface area contributed by atoms with E-state index in [9.17, 15) is 22.4 Å². The average Bonchev–Trinajstić information content (AvgIpc) is 2.74. The largest absolute Gasteiger partial charge is 0.465 e. The standard InChI is InChI=1S/C21H15Cl2FN2O5S/c1-31-21(28)12-2-5-14(6-3-12)26-32(29,30)15-7-9-19(18(24)11-15)25-20(27)16-8-4-13(22)10-17(16)23/h2-11,26H,1H3,(H,25,27). The molecular weight excluding hydrogens is 482 g/mol. The second-order valence-corrected chi connectivity index (χ2v) is 8.92. The third-order valence-electron chi connectivity index (χ3n) is 4.23. The lowest BCUT2D eigenvalue weighted by atomic mass is 10.2. The van der Waals surface area contributed by atoms with Gasteiger partial charge in [-0.3, -0.25) is 9.52 Å². The average molecular weight is 497 g/mol. The zero-order chi connectivity index (χ0) is 23.5. The van der Waals surface area contributed by atoms with E-state index < -0.39 is 27.7 Å². The van der Waals surface area contributed by atoms with E-state index in [-0.39, 0.29) is 32.4 Å². The predicted octanol–water partition coefficient (Wildman–Crippen LogP) is 4.97. The summed E-state index contributed by atoms with van der Waals surface area (Å²) in [7, 11) is -2.91. The van der Waals surface area contributed by atoms with Crippen molar-refractivity contribution in [2.45, 2.75) is 4.90 Å². The quantitative estimate of drug-likeness (QED) is 0.469. The van der Waals surface area contributed by atoms with E-state index in [1.165, 1.54) is 49.6 Å². The van der Waals surface area contributed by atoms with Gasteiger partial charge in [-0.15, -0.1) is 0 Å². The molecule has 3 aromatic carbocycles. The van der Waals surface area contributed by atoms with Crippen LogP contribution in [0.3, 0.4) is 0 Å². The van der Waals surface area contributed by atoms with Gasteiger partial charge < -0.3 is 10.1 Å². The van der Waals surface area contributed by atoms with Gasteiger partial charge in [-0.25, -0.2) is 17.6 Å². The summed E-state index contributed by atoms with van der Waals surface area (Å²) in [5.41, 5.74) is 0.238. The van der Waals surface area contributed by atoms with Crippen LogP contribution in [0.2, 0.25) is 10.0 Å². The number of benzene rings is 3. The topological polar surface area (TPSA) is 102 Å². The van der Waals surface area contributed by atoms with E-state index in [1.54, 1.807) is 0 Å². The van der Waals surface area contributed by atoms with Crippen LogP contribution < -0.4 is 10.0 Å². The summed E-state index contributed by atoms with van der Waals surface area (Å²) in [4.78, 5) is 23.4. The lowest BCUT2D eigenvalue weighted by Gasteiger charge is -2.11. The Labute approximate surface area is 193 Å². The van der Waals surface area contributed by atoms with Crippen LogP contribution in [0.1, 0.15) is 20.7 Å². The predicted molar refractivity (Wildman–Crippen MR) is 119 cm³/mol. The van der Waals surface area contributed by atoms with E-state index in [2.05, 4.69) is 14.8 Å². The molecule has 0 aliphatic heterocycles. The van der Waals surface area contributed by atoms with Crippen molar-refractivity contribution in [2.75, 3.05) is 17.1 Å². The summed E-state index contributed by atoms with van der Waals surface area (Å²) in [6.07, 6.45) is 0. The number of hydrogen-bond acceptors (Lipinski definition) is 5. The number of ether oxygens (including phenoxy) is 1. The molecule has 7 nitrogen and oxygen atoms in total. The van der Waals surface area contributed by atoms with Crippen molar-refractivity contribution in [3.63, 3.8) is 0 Å². The maximum atomic E-state index is 14.5. The summed E-state index contributed by atoms with van der Waals surface area (Å²) in [6.45, 7) is 0. The van der Waals surface area contributed by atoms with E-state index in [0.29, 0.717) is 5.02 Å². The summed E-state index contributed by atoms with van der Waals surface area (Å²) in [6, 6.07) is 12.7. The van der Waals surface area contributed by atoms with Gasteiger partial charge in [0.2, 0.25) is 0 Å². The Morgan fingerprint density at radius 1 is 0.969 bits per heavy atom. The Morgan fingerprint density at radius 3 is 2.25 bits per heavy atom. The number of anilines is 2.